The lowest BCUT2D eigenvalue weighted by atomic mass is 9.98. The number of carboxylic acids is 1. The van der Waals surface area contributed by atoms with Crippen LogP contribution in [0.1, 0.15) is 45.1 Å². The number of rotatable bonds is 9. The molecule has 0 aromatic heterocycles. The van der Waals surface area contributed by atoms with E-state index in [2.05, 4.69) is 13.8 Å². The average Bonchev–Trinajstić information content (AvgIpc) is 2.48. The second-order valence-corrected chi connectivity index (χ2v) is 5.49. The quantitative estimate of drug-likeness (QED) is 0.531. The van der Waals surface area contributed by atoms with Gasteiger partial charge in [0, 0.05) is 0 Å². The van der Waals surface area contributed by atoms with E-state index in [1.807, 2.05) is 0 Å². The van der Waals surface area contributed by atoms with Crippen molar-refractivity contribution in [2.24, 2.45) is 11.7 Å². The summed E-state index contributed by atoms with van der Waals surface area (Å²) in [5.74, 6) is -0.805. The van der Waals surface area contributed by atoms with E-state index >= 15 is 0 Å². The van der Waals surface area contributed by atoms with Crippen LogP contribution in [0.25, 0.3) is 0 Å². The normalized spacial score (nSPS) is 11.7. The second-order valence-electron chi connectivity index (χ2n) is 5.49. The number of ether oxygens (including phenoxy) is 1. The minimum absolute atomic E-state index is 0. The van der Waals surface area contributed by atoms with Gasteiger partial charge in [0.2, 0.25) is 0 Å². The van der Waals surface area contributed by atoms with Gasteiger partial charge in [-0.05, 0) is 37.0 Å². The highest BCUT2D eigenvalue weighted by Gasteiger charge is 2.19. The molecule has 0 radical (unpaired) electrons. The fourth-order valence-corrected chi connectivity index (χ4v) is 2.31. The van der Waals surface area contributed by atoms with Crippen molar-refractivity contribution < 1.29 is 19.4 Å². The molecule has 23 heavy (non-hydrogen) atoms. The van der Waals surface area contributed by atoms with Crippen LogP contribution < -0.4 is 10.5 Å². The number of halogens is 1. The number of aliphatic carboxylic acids is 1. The summed E-state index contributed by atoms with van der Waals surface area (Å²) in [5.41, 5.74) is 6.29. The molecule has 0 heterocycles. The lowest BCUT2D eigenvalue weighted by Crippen LogP contribution is -2.32. The first-order valence-electron chi connectivity index (χ1n) is 7.76. The molecule has 0 saturated heterocycles. The number of benzene rings is 1. The highest BCUT2D eigenvalue weighted by atomic mass is 35.5. The summed E-state index contributed by atoms with van der Waals surface area (Å²) in [7, 11) is 0. The molecule has 0 aliphatic carbocycles. The summed E-state index contributed by atoms with van der Waals surface area (Å²) >= 11 is 0. The predicted molar refractivity (Wildman–Crippen MR) is 91.9 cm³/mol. The van der Waals surface area contributed by atoms with Crippen molar-refractivity contribution in [2.45, 2.75) is 52.0 Å². The maximum Gasteiger partial charge on any atom is 0.320 e. The standard InChI is InChI=1S/C17H25NO4.ClH/c1-3-5-13(6-4-2)17(21)22-14-9-7-12(8-10-14)11-15(18)16(19)20;/h7-10,13,15H,3-6,11,18H2,1-2H3,(H,19,20);1H. The fraction of sp³-hybridized carbons (Fsp3) is 0.529. The van der Waals surface area contributed by atoms with Gasteiger partial charge < -0.3 is 15.6 Å². The maximum absolute atomic E-state index is 12.1. The van der Waals surface area contributed by atoms with Crippen LogP contribution in [0.15, 0.2) is 24.3 Å². The summed E-state index contributed by atoms with van der Waals surface area (Å²) in [6, 6.07) is 5.90. The first kappa shape index (κ1) is 21.4. The Morgan fingerprint density at radius 2 is 1.65 bits per heavy atom. The van der Waals surface area contributed by atoms with Gasteiger partial charge in [-0.25, -0.2) is 0 Å². The molecule has 1 unspecified atom stereocenters. The second kappa shape index (κ2) is 11.0. The first-order valence-corrected chi connectivity index (χ1v) is 7.76. The van der Waals surface area contributed by atoms with Crippen molar-refractivity contribution in [1.29, 1.82) is 0 Å². The van der Waals surface area contributed by atoms with Crippen molar-refractivity contribution in [3.8, 4) is 5.75 Å². The molecule has 5 nitrogen and oxygen atoms in total. The van der Waals surface area contributed by atoms with E-state index in [-0.39, 0.29) is 30.7 Å². The Bertz CT molecular complexity index is 484. The van der Waals surface area contributed by atoms with Crippen molar-refractivity contribution >= 4 is 24.3 Å². The Morgan fingerprint density at radius 3 is 2.09 bits per heavy atom. The Labute approximate surface area is 143 Å². The lowest BCUT2D eigenvalue weighted by Gasteiger charge is -2.14. The predicted octanol–water partition coefficient (Wildman–Crippen LogP) is 3.18. The molecule has 1 rings (SSSR count). The van der Waals surface area contributed by atoms with E-state index in [0.29, 0.717) is 5.75 Å². The van der Waals surface area contributed by atoms with Crippen LogP contribution in [-0.2, 0) is 16.0 Å². The summed E-state index contributed by atoms with van der Waals surface area (Å²) in [4.78, 5) is 22.8. The summed E-state index contributed by atoms with van der Waals surface area (Å²) in [6.07, 6.45) is 3.81. The zero-order chi connectivity index (χ0) is 16.5. The van der Waals surface area contributed by atoms with Crippen molar-refractivity contribution in [2.75, 3.05) is 0 Å². The van der Waals surface area contributed by atoms with Gasteiger partial charge in [0.05, 0.1) is 5.92 Å². The van der Waals surface area contributed by atoms with Crippen LogP contribution in [0.3, 0.4) is 0 Å². The number of carboxylic acid groups (broad SMARTS) is 1. The molecule has 0 spiro atoms. The number of nitrogens with two attached hydrogens (primary N) is 1. The van der Waals surface area contributed by atoms with E-state index in [1.165, 1.54) is 0 Å². The smallest absolute Gasteiger partial charge is 0.320 e. The molecule has 0 saturated carbocycles. The minimum Gasteiger partial charge on any atom is -0.480 e. The highest BCUT2D eigenvalue weighted by molar-refractivity contribution is 5.85. The number of hydrogen-bond donors (Lipinski definition) is 2. The van der Waals surface area contributed by atoms with Gasteiger partial charge >= 0.3 is 11.9 Å². The molecule has 1 atom stereocenters. The third-order valence-electron chi connectivity index (χ3n) is 3.52. The van der Waals surface area contributed by atoms with E-state index in [0.717, 1.165) is 31.2 Å². The monoisotopic (exact) mass is 343 g/mol. The molecular formula is C17H26ClNO4. The van der Waals surface area contributed by atoms with Gasteiger partial charge in [0.1, 0.15) is 11.8 Å². The molecule has 6 heteroatoms. The van der Waals surface area contributed by atoms with Crippen LogP contribution in [0.5, 0.6) is 5.75 Å². The molecule has 0 amide bonds. The van der Waals surface area contributed by atoms with Gasteiger partial charge in [-0.15, -0.1) is 12.4 Å². The van der Waals surface area contributed by atoms with E-state index in [4.69, 9.17) is 15.6 Å². The van der Waals surface area contributed by atoms with Crippen LogP contribution in [0.2, 0.25) is 0 Å². The molecule has 1 aromatic carbocycles. The number of esters is 1. The Kier molecular flexibility index (Phi) is 10.3. The third-order valence-corrected chi connectivity index (χ3v) is 3.52. The van der Waals surface area contributed by atoms with Crippen LogP contribution in [-0.4, -0.2) is 23.1 Å². The lowest BCUT2D eigenvalue weighted by molar-refractivity contribution is -0.140. The topological polar surface area (TPSA) is 89.6 Å². The van der Waals surface area contributed by atoms with Gasteiger partial charge in [0.25, 0.3) is 0 Å². The molecule has 0 aliphatic rings. The molecule has 1 aromatic rings. The summed E-state index contributed by atoms with van der Waals surface area (Å²) < 4.78 is 5.40. The first-order chi connectivity index (χ1) is 10.5. The Balaban J connectivity index is 0.00000484. The van der Waals surface area contributed by atoms with E-state index in [9.17, 15) is 9.59 Å². The zero-order valence-electron chi connectivity index (χ0n) is 13.7. The zero-order valence-corrected chi connectivity index (χ0v) is 14.5. The highest BCUT2D eigenvalue weighted by Crippen LogP contribution is 2.19. The van der Waals surface area contributed by atoms with E-state index in [1.54, 1.807) is 24.3 Å². The van der Waals surface area contributed by atoms with Crippen LogP contribution in [0.4, 0.5) is 0 Å². The summed E-state index contributed by atoms with van der Waals surface area (Å²) in [5, 5.41) is 8.78. The molecule has 0 aliphatic heterocycles. The van der Waals surface area contributed by atoms with Crippen molar-refractivity contribution in [1.82, 2.24) is 0 Å². The molecule has 0 fully saturated rings. The number of hydrogen-bond acceptors (Lipinski definition) is 4. The maximum atomic E-state index is 12.1. The van der Waals surface area contributed by atoms with Gasteiger partial charge in [-0.3, -0.25) is 9.59 Å². The molecular weight excluding hydrogens is 318 g/mol. The van der Waals surface area contributed by atoms with Crippen LogP contribution in [0, 0.1) is 5.92 Å². The molecule has 130 valence electrons. The summed E-state index contributed by atoms with van der Waals surface area (Å²) in [6.45, 7) is 4.10. The largest absolute Gasteiger partial charge is 0.480 e. The van der Waals surface area contributed by atoms with Gasteiger partial charge in [-0.2, -0.15) is 0 Å². The molecule has 0 bridgehead atoms. The van der Waals surface area contributed by atoms with Crippen molar-refractivity contribution in [3.63, 3.8) is 0 Å². The van der Waals surface area contributed by atoms with Gasteiger partial charge in [-0.1, -0.05) is 38.8 Å². The molecule has 3 N–H and O–H groups in total. The Morgan fingerprint density at radius 1 is 1.13 bits per heavy atom. The van der Waals surface area contributed by atoms with Crippen molar-refractivity contribution in [3.05, 3.63) is 29.8 Å². The van der Waals surface area contributed by atoms with Gasteiger partial charge in [0.15, 0.2) is 0 Å². The average molecular weight is 344 g/mol. The Hall–Kier alpha value is -1.59. The van der Waals surface area contributed by atoms with E-state index < -0.39 is 12.0 Å². The number of carbonyl (C=O) groups excluding carboxylic acids is 1. The SMILES string of the molecule is CCCC(CCC)C(=O)Oc1ccc(CC(N)C(=O)O)cc1.Cl. The van der Waals surface area contributed by atoms with Crippen LogP contribution >= 0.6 is 12.4 Å². The number of carbonyl (C=O) groups is 2. The fourth-order valence-electron chi connectivity index (χ4n) is 2.31. The third kappa shape index (κ3) is 7.48. The minimum atomic E-state index is -1.03.